The average Bonchev–Trinajstić information content (AvgIpc) is 2.44. The third-order valence-electron chi connectivity index (χ3n) is 3.62. The minimum Gasteiger partial charge on any atom is -0.374 e. The molecule has 0 spiro atoms. The van der Waals surface area contributed by atoms with E-state index in [4.69, 9.17) is 4.74 Å². The summed E-state index contributed by atoms with van der Waals surface area (Å²) in [5.74, 6) is -0.886. The lowest BCUT2D eigenvalue weighted by Gasteiger charge is -2.34. The van der Waals surface area contributed by atoms with Gasteiger partial charge in [0.15, 0.2) is 5.67 Å². The Balaban J connectivity index is 1.58. The number of carbonyl (C=O) groups excluding carboxylic acids is 2. The molecule has 2 heterocycles. The minimum absolute atomic E-state index is 0.0376. The van der Waals surface area contributed by atoms with Crippen molar-refractivity contribution in [1.82, 2.24) is 10.2 Å². The molecule has 3 amide bonds. The number of ether oxygens (including phenoxy) is 1. The molecule has 0 aromatic heterocycles. The van der Waals surface area contributed by atoms with Gasteiger partial charge in [-0.2, -0.15) is 0 Å². The van der Waals surface area contributed by atoms with Crippen LogP contribution in [0.3, 0.4) is 0 Å². The predicted molar refractivity (Wildman–Crippen MR) is 73.5 cm³/mol. The summed E-state index contributed by atoms with van der Waals surface area (Å²) in [6.45, 7) is -0.324. The molecule has 0 saturated carbocycles. The molecule has 22 heavy (non-hydrogen) atoms. The molecule has 0 unspecified atom stereocenters. The molecular formula is C14H15F2N3O3. The Morgan fingerprint density at radius 2 is 2.23 bits per heavy atom. The second-order valence-electron chi connectivity index (χ2n) is 5.51. The molecule has 0 radical (unpaired) electrons. The second-order valence-corrected chi connectivity index (χ2v) is 5.51. The zero-order chi connectivity index (χ0) is 15.7. The smallest absolute Gasteiger partial charge is 0.322 e. The summed E-state index contributed by atoms with van der Waals surface area (Å²) in [7, 11) is 0. The first-order valence-electron chi connectivity index (χ1n) is 6.83. The molecule has 6 nitrogen and oxygen atoms in total. The van der Waals surface area contributed by atoms with Crippen LogP contribution in [0.1, 0.15) is 5.56 Å². The largest absolute Gasteiger partial charge is 0.374 e. The Morgan fingerprint density at radius 1 is 1.45 bits per heavy atom. The molecule has 0 aliphatic carbocycles. The van der Waals surface area contributed by atoms with Crippen molar-refractivity contribution in [3.8, 4) is 0 Å². The Hall–Kier alpha value is -2.22. The van der Waals surface area contributed by atoms with Crippen molar-refractivity contribution in [2.24, 2.45) is 0 Å². The minimum atomic E-state index is -1.52. The standard InChI is InChI=1S/C14H15F2N3O3/c15-10-1-2-11-9(3-10)4-19(13(21)18-11)5-12(20)17-6-14(16)7-22-8-14/h1-3H,4-8H2,(H,17,20)(H,18,21). The number of carbonyl (C=O) groups is 2. The van der Waals surface area contributed by atoms with E-state index in [1.807, 2.05) is 0 Å². The highest BCUT2D eigenvalue weighted by atomic mass is 19.1. The normalized spacial score (nSPS) is 19.0. The van der Waals surface area contributed by atoms with E-state index in [2.05, 4.69) is 10.6 Å². The molecule has 1 fully saturated rings. The van der Waals surface area contributed by atoms with Gasteiger partial charge in [-0.05, 0) is 23.8 Å². The van der Waals surface area contributed by atoms with Gasteiger partial charge in [-0.15, -0.1) is 0 Å². The van der Waals surface area contributed by atoms with Gasteiger partial charge < -0.3 is 20.3 Å². The lowest BCUT2D eigenvalue weighted by molar-refractivity contribution is -0.136. The number of rotatable bonds is 4. The molecule has 3 rings (SSSR count). The van der Waals surface area contributed by atoms with Crippen LogP contribution in [-0.2, 0) is 16.1 Å². The number of nitrogens with one attached hydrogen (secondary N) is 2. The van der Waals surface area contributed by atoms with Crippen LogP contribution in [-0.4, -0.2) is 48.8 Å². The quantitative estimate of drug-likeness (QED) is 0.872. The van der Waals surface area contributed by atoms with Crippen molar-refractivity contribution in [1.29, 1.82) is 0 Å². The molecule has 1 saturated heterocycles. The maximum atomic E-state index is 13.7. The third kappa shape index (κ3) is 3.01. The van der Waals surface area contributed by atoms with E-state index in [-0.39, 0.29) is 32.8 Å². The van der Waals surface area contributed by atoms with Crippen LogP contribution in [0.2, 0.25) is 0 Å². The number of urea groups is 1. The average molecular weight is 311 g/mol. The van der Waals surface area contributed by atoms with Gasteiger partial charge in [0.05, 0.1) is 26.3 Å². The van der Waals surface area contributed by atoms with Crippen molar-refractivity contribution in [3.05, 3.63) is 29.6 Å². The lowest BCUT2D eigenvalue weighted by Crippen LogP contribution is -2.55. The number of alkyl halides is 1. The fourth-order valence-electron chi connectivity index (χ4n) is 2.33. The van der Waals surface area contributed by atoms with Crippen molar-refractivity contribution in [3.63, 3.8) is 0 Å². The number of hydrogen-bond donors (Lipinski definition) is 2. The van der Waals surface area contributed by atoms with Crippen LogP contribution >= 0.6 is 0 Å². The number of benzene rings is 1. The van der Waals surface area contributed by atoms with E-state index < -0.39 is 23.4 Å². The van der Waals surface area contributed by atoms with Gasteiger partial charge in [-0.25, -0.2) is 13.6 Å². The maximum Gasteiger partial charge on any atom is 0.322 e. The molecule has 2 N–H and O–H groups in total. The molecule has 0 atom stereocenters. The van der Waals surface area contributed by atoms with Gasteiger partial charge >= 0.3 is 6.03 Å². The van der Waals surface area contributed by atoms with Gasteiger partial charge in [0, 0.05) is 5.69 Å². The van der Waals surface area contributed by atoms with E-state index in [9.17, 15) is 18.4 Å². The highest BCUT2D eigenvalue weighted by Gasteiger charge is 2.39. The van der Waals surface area contributed by atoms with Crippen LogP contribution in [0.5, 0.6) is 0 Å². The highest BCUT2D eigenvalue weighted by Crippen LogP contribution is 2.24. The van der Waals surface area contributed by atoms with Crippen LogP contribution in [0.25, 0.3) is 0 Å². The summed E-state index contributed by atoms with van der Waals surface area (Å²) >= 11 is 0. The Bertz CT molecular complexity index is 619. The SMILES string of the molecule is O=C(CN1Cc2cc(F)ccc2NC1=O)NCC1(F)COC1. The number of fused-ring (bicyclic) bond motifs is 1. The van der Waals surface area contributed by atoms with Crippen LogP contribution in [0, 0.1) is 5.82 Å². The number of halogens is 2. The van der Waals surface area contributed by atoms with Gasteiger partial charge in [-0.3, -0.25) is 4.79 Å². The van der Waals surface area contributed by atoms with Crippen molar-refractivity contribution >= 4 is 17.6 Å². The Kier molecular flexibility index (Phi) is 3.69. The molecule has 118 valence electrons. The van der Waals surface area contributed by atoms with E-state index in [0.717, 1.165) is 0 Å². The highest BCUT2D eigenvalue weighted by molar-refractivity contribution is 5.94. The summed E-state index contributed by atoms with van der Waals surface area (Å²) in [4.78, 5) is 24.9. The second kappa shape index (κ2) is 5.53. The van der Waals surface area contributed by atoms with Crippen LogP contribution < -0.4 is 10.6 Å². The maximum absolute atomic E-state index is 13.7. The van der Waals surface area contributed by atoms with Gasteiger partial charge in [-0.1, -0.05) is 0 Å². The first-order chi connectivity index (χ1) is 10.5. The number of nitrogens with zero attached hydrogens (tertiary/aromatic N) is 1. The first kappa shape index (κ1) is 14.7. The molecule has 2 aliphatic rings. The summed E-state index contributed by atoms with van der Waals surface area (Å²) in [6.07, 6.45) is 0. The molecule has 1 aromatic rings. The van der Waals surface area contributed by atoms with Crippen molar-refractivity contribution < 1.29 is 23.1 Å². The number of amides is 3. The molecular weight excluding hydrogens is 296 g/mol. The lowest BCUT2D eigenvalue weighted by atomic mass is 10.1. The number of anilines is 1. The van der Waals surface area contributed by atoms with Crippen LogP contribution in [0.4, 0.5) is 19.3 Å². The Morgan fingerprint density at radius 3 is 2.91 bits per heavy atom. The predicted octanol–water partition coefficient (Wildman–Crippen LogP) is 1.03. The summed E-state index contributed by atoms with van der Waals surface area (Å²) in [5.41, 5.74) is -0.408. The van der Waals surface area contributed by atoms with E-state index in [1.54, 1.807) is 0 Å². The summed E-state index contributed by atoms with van der Waals surface area (Å²) in [6, 6.07) is 3.59. The fraction of sp³-hybridized carbons (Fsp3) is 0.429. The zero-order valence-electron chi connectivity index (χ0n) is 11.7. The zero-order valence-corrected chi connectivity index (χ0v) is 11.7. The monoisotopic (exact) mass is 311 g/mol. The van der Waals surface area contributed by atoms with Gasteiger partial charge in [0.25, 0.3) is 0 Å². The molecule has 2 aliphatic heterocycles. The van der Waals surface area contributed by atoms with E-state index in [1.165, 1.54) is 23.1 Å². The first-order valence-corrected chi connectivity index (χ1v) is 6.83. The van der Waals surface area contributed by atoms with E-state index in [0.29, 0.717) is 11.3 Å². The number of hydrogen-bond acceptors (Lipinski definition) is 3. The fourth-order valence-corrected chi connectivity index (χ4v) is 2.33. The van der Waals surface area contributed by atoms with Gasteiger partial charge in [0.2, 0.25) is 5.91 Å². The molecule has 8 heteroatoms. The summed E-state index contributed by atoms with van der Waals surface area (Å²) in [5, 5.41) is 5.02. The molecule has 1 aromatic carbocycles. The van der Waals surface area contributed by atoms with Crippen LogP contribution in [0.15, 0.2) is 18.2 Å². The third-order valence-corrected chi connectivity index (χ3v) is 3.62. The molecule has 0 bridgehead atoms. The topological polar surface area (TPSA) is 70.7 Å². The van der Waals surface area contributed by atoms with E-state index >= 15 is 0 Å². The van der Waals surface area contributed by atoms with Crippen molar-refractivity contribution in [2.75, 3.05) is 31.6 Å². The Labute approximate surface area is 125 Å². The van der Waals surface area contributed by atoms with Gasteiger partial charge in [0.1, 0.15) is 12.4 Å². The van der Waals surface area contributed by atoms with Crippen molar-refractivity contribution in [2.45, 2.75) is 12.2 Å². The summed E-state index contributed by atoms with van der Waals surface area (Å²) < 4.78 is 31.7.